The quantitative estimate of drug-likeness (QED) is 0.667. The summed E-state index contributed by atoms with van der Waals surface area (Å²) in [7, 11) is 0. The van der Waals surface area contributed by atoms with Gasteiger partial charge in [-0.25, -0.2) is 0 Å². The molecule has 3 heteroatoms. The van der Waals surface area contributed by atoms with Crippen LogP contribution in [0.4, 0.5) is 0 Å². The van der Waals surface area contributed by atoms with Crippen LogP contribution in [0.15, 0.2) is 28.7 Å². The average molecular weight is 328 g/mol. The maximum atomic E-state index is 5.76. The van der Waals surface area contributed by atoms with Crippen molar-refractivity contribution < 1.29 is 4.74 Å². The first-order valence-electron chi connectivity index (χ1n) is 7.25. The van der Waals surface area contributed by atoms with Gasteiger partial charge in [0.15, 0.2) is 0 Å². The molecule has 0 aromatic heterocycles. The minimum atomic E-state index is 0.603. The van der Waals surface area contributed by atoms with Crippen molar-refractivity contribution in [3.8, 4) is 5.75 Å². The first kappa shape index (κ1) is 16.5. The van der Waals surface area contributed by atoms with E-state index in [2.05, 4.69) is 42.0 Å². The summed E-state index contributed by atoms with van der Waals surface area (Å²) in [5, 5.41) is 3.61. The Morgan fingerprint density at radius 1 is 1.32 bits per heavy atom. The van der Waals surface area contributed by atoms with Gasteiger partial charge in [-0.2, -0.15) is 0 Å². The van der Waals surface area contributed by atoms with E-state index in [-0.39, 0.29) is 0 Å². The Morgan fingerprint density at radius 3 is 2.74 bits per heavy atom. The topological polar surface area (TPSA) is 21.3 Å². The fourth-order valence-corrected chi connectivity index (χ4v) is 2.43. The van der Waals surface area contributed by atoms with Crippen molar-refractivity contribution in [2.75, 3.05) is 13.2 Å². The van der Waals surface area contributed by atoms with Crippen LogP contribution >= 0.6 is 15.9 Å². The highest BCUT2D eigenvalue weighted by Crippen LogP contribution is 2.18. The van der Waals surface area contributed by atoms with E-state index in [9.17, 15) is 0 Å². The molecular formula is C16H26BrNO. The standard InChI is InChI=1S/C16H26BrNO/c1-4-10-18-16(13(2)3)9-6-11-19-15-8-5-7-14(17)12-15/h5,7-8,12-13,16,18H,4,6,9-11H2,1-3H3. The van der Waals surface area contributed by atoms with E-state index in [0.717, 1.165) is 29.8 Å². The molecule has 1 N–H and O–H groups in total. The highest BCUT2D eigenvalue weighted by atomic mass is 79.9. The number of nitrogens with one attached hydrogen (secondary N) is 1. The van der Waals surface area contributed by atoms with Crippen LogP contribution in [0.25, 0.3) is 0 Å². The van der Waals surface area contributed by atoms with Gasteiger partial charge in [0.1, 0.15) is 5.75 Å². The van der Waals surface area contributed by atoms with Gasteiger partial charge in [0, 0.05) is 10.5 Å². The van der Waals surface area contributed by atoms with Gasteiger partial charge in [0.05, 0.1) is 6.61 Å². The second-order valence-corrected chi connectivity index (χ2v) is 6.17. The summed E-state index contributed by atoms with van der Waals surface area (Å²) in [6, 6.07) is 8.62. The van der Waals surface area contributed by atoms with Crippen molar-refractivity contribution in [3.63, 3.8) is 0 Å². The lowest BCUT2D eigenvalue weighted by atomic mass is 9.99. The molecule has 2 nitrogen and oxygen atoms in total. The molecule has 19 heavy (non-hydrogen) atoms. The summed E-state index contributed by atoms with van der Waals surface area (Å²) >= 11 is 3.45. The van der Waals surface area contributed by atoms with Gasteiger partial charge in [0.2, 0.25) is 0 Å². The van der Waals surface area contributed by atoms with E-state index in [4.69, 9.17) is 4.74 Å². The Hall–Kier alpha value is -0.540. The van der Waals surface area contributed by atoms with Gasteiger partial charge in [-0.1, -0.05) is 42.8 Å². The average Bonchev–Trinajstić information content (AvgIpc) is 2.37. The van der Waals surface area contributed by atoms with E-state index in [1.807, 2.05) is 24.3 Å². The Balaban J connectivity index is 2.24. The molecule has 0 aliphatic carbocycles. The highest BCUT2D eigenvalue weighted by Gasteiger charge is 2.11. The Kier molecular flexibility index (Phi) is 8.15. The van der Waals surface area contributed by atoms with E-state index in [1.54, 1.807) is 0 Å². The molecule has 1 aromatic rings. The Bertz CT molecular complexity index is 354. The summed E-state index contributed by atoms with van der Waals surface area (Å²) in [5.74, 6) is 1.62. The molecule has 0 bridgehead atoms. The van der Waals surface area contributed by atoms with Gasteiger partial charge in [-0.15, -0.1) is 0 Å². The summed E-state index contributed by atoms with van der Waals surface area (Å²) in [6.07, 6.45) is 3.45. The SMILES string of the molecule is CCCNC(CCCOc1cccc(Br)c1)C(C)C. The molecule has 0 saturated carbocycles. The minimum absolute atomic E-state index is 0.603. The fourth-order valence-electron chi connectivity index (χ4n) is 2.05. The van der Waals surface area contributed by atoms with E-state index in [1.165, 1.54) is 12.8 Å². The van der Waals surface area contributed by atoms with Crippen molar-refractivity contribution in [3.05, 3.63) is 28.7 Å². The maximum Gasteiger partial charge on any atom is 0.120 e. The van der Waals surface area contributed by atoms with Crippen LogP contribution in [-0.2, 0) is 0 Å². The molecule has 0 aliphatic rings. The molecule has 1 unspecified atom stereocenters. The third-order valence-corrected chi connectivity index (χ3v) is 3.68. The largest absolute Gasteiger partial charge is 0.494 e. The van der Waals surface area contributed by atoms with Gasteiger partial charge in [0.25, 0.3) is 0 Å². The molecule has 0 heterocycles. The summed E-state index contributed by atoms with van der Waals surface area (Å²) in [5.41, 5.74) is 0. The molecule has 108 valence electrons. The van der Waals surface area contributed by atoms with Crippen LogP contribution < -0.4 is 10.1 Å². The zero-order valence-electron chi connectivity index (χ0n) is 12.3. The lowest BCUT2D eigenvalue weighted by Gasteiger charge is -2.22. The highest BCUT2D eigenvalue weighted by molar-refractivity contribution is 9.10. The predicted octanol–water partition coefficient (Wildman–Crippen LogP) is 4.63. The van der Waals surface area contributed by atoms with Gasteiger partial charge in [-0.3, -0.25) is 0 Å². The van der Waals surface area contributed by atoms with Crippen molar-refractivity contribution in [2.45, 2.75) is 46.1 Å². The number of ether oxygens (including phenoxy) is 1. The first-order valence-corrected chi connectivity index (χ1v) is 8.04. The van der Waals surface area contributed by atoms with Crippen LogP contribution in [0, 0.1) is 5.92 Å². The molecule has 0 amide bonds. The zero-order chi connectivity index (χ0) is 14.1. The number of benzene rings is 1. The van der Waals surface area contributed by atoms with E-state index in [0.29, 0.717) is 12.0 Å². The Labute approximate surface area is 126 Å². The summed E-state index contributed by atoms with van der Waals surface area (Å²) < 4.78 is 6.83. The van der Waals surface area contributed by atoms with Crippen LogP contribution in [0.5, 0.6) is 5.75 Å². The number of rotatable bonds is 9. The minimum Gasteiger partial charge on any atom is -0.494 e. The summed E-state index contributed by atoms with van der Waals surface area (Å²) in [4.78, 5) is 0. The van der Waals surface area contributed by atoms with Crippen molar-refractivity contribution in [2.24, 2.45) is 5.92 Å². The van der Waals surface area contributed by atoms with Gasteiger partial charge < -0.3 is 10.1 Å². The molecule has 1 rings (SSSR count). The zero-order valence-corrected chi connectivity index (χ0v) is 13.9. The van der Waals surface area contributed by atoms with Crippen LogP contribution in [-0.4, -0.2) is 19.2 Å². The molecule has 1 atom stereocenters. The number of halogens is 1. The van der Waals surface area contributed by atoms with Crippen molar-refractivity contribution in [1.82, 2.24) is 5.32 Å². The van der Waals surface area contributed by atoms with E-state index >= 15 is 0 Å². The normalized spacial score (nSPS) is 12.7. The van der Waals surface area contributed by atoms with Crippen LogP contribution in [0.1, 0.15) is 40.0 Å². The molecule has 0 radical (unpaired) electrons. The van der Waals surface area contributed by atoms with Crippen molar-refractivity contribution in [1.29, 1.82) is 0 Å². The lowest BCUT2D eigenvalue weighted by Crippen LogP contribution is -2.34. The predicted molar refractivity (Wildman–Crippen MR) is 85.8 cm³/mol. The van der Waals surface area contributed by atoms with Gasteiger partial charge >= 0.3 is 0 Å². The summed E-state index contributed by atoms with van der Waals surface area (Å²) in [6.45, 7) is 8.66. The van der Waals surface area contributed by atoms with Crippen molar-refractivity contribution >= 4 is 15.9 Å². The van der Waals surface area contributed by atoms with Gasteiger partial charge in [-0.05, 0) is 49.9 Å². The maximum absolute atomic E-state index is 5.76. The molecule has 0 fully saturated rings. The second kappa shape index (κ2) is 9.38. The molecule has 0 aliphatic heterocycles. The molecule has 1 aromatic carbocycles. The Morgan fingerprint density at radius 2 is 2.11 bits per heavy atom. The van der Waals surface area contributed by atoms with Crippen LogP contribution in [0.3, 0.4) is 0 Å². The van der Waals surface area contributed by atoms with Crippen LogP contribution in [0.2, 0.25) is 0 Å². The number of hydrogen-bond donors (Lipinski definition) is 1. The smallest absolute Gasteiger partial charge is 0.120 e. The molecule has 0 saturated heterocycles. The molecular weight excluding hydrogens is 302 g/mol. The second-order valence-electron chi connectivity index (χ2n) is 5.25. The lowest BCUT2D eigenvalue weighted by molar-refractivity contribution is 0.281. The number of hydrogen-bond acceptors (Lipinski definition) is 2. The van der Waals surface area contributed by atoms with E-state index < -0.39 is 0 Å². The third-order valence-electron chi connectivity index (χ3n) is 3.19. The monoisotopic (exact) mass is 327 g/mol. The third kappa shape index (κ3) is 6.98. The first-order chi connectivity index (χ1) is 9.13. The molecule has 0 spiro atoms. The fraction of sp³-hybridized carbons (Fsp3) is 0.625.